The molecule has 0 atom stereocenters. The van der Waals surface area contributed by atoms with E-state index < -0.39 is 0 Å². The van der Waals surface area contributed by atoms with E-state index in [1.165, 1.54) is 5.56 Å². The molecule has 0 spiro atoms. The van der Waals surface area contributed by atoms with Crippen molar-refractivity contribution in [3.05, 3.63) is 70.9 Å². The van der Waals surface area contributed by atoms with Gasteiger partial charge in [-0.05, 0) is 47.2 Å². The highest BCUT2D eigenvalue weighted by atomic mass is 16.1. The third-order valence-corrected chi connectivity index (χ3v) is 4.58. The third kappa shape index (κ3) is 3.78. The first-order valence-electron chi connectivity index (χ1n) is 8.77. The minimum Gasteiger partial charge on any atom is -0.360 e. The Balaban J connectivity index is 1.61. The van der Waals surface area contributed by atoms with Gasteiger partial charge in [0, 0.05) is 29.2 Å². The summed E-state index contributed by atoms with van der Waals surface area (Å²) in [5.74, 6) is -0.0640. The number of nitrogens with one attached hydrogen (secondary N) is 2. The average molecular weight is 345 g/mol. The van der Waals surface area contributed by atoms with Gasteiger partial charge >= 0.3 is 0 Å². The van der Waals surface area contributed by atoms with Crippen LogP contribution in [-0.4, -0.2) is 17.4 Å². The van der Waals surface area contributed by atoms with Crippen molar-refractivity contribution in [1.82, 2.24) is 10.3 Å². The zero-order valence-corrected chi connectivity index (χ0v) is 15.4. The van der Waals surface area contributed by atoms with Crippen LogP contribution in [0.4, 0.5) is 0 Å². The van der Waals surface area contributed by atoms with Gasteiger partial charge in [0.05, 0.1) is 5.56 Å². The molecule has 1 aromatic heterocycles. The Hall–Kier alpha value is -3.06. The van der Waals surface area contributed by atoms with Gasteiger partial charge in [-0.2, -0.15) is 5.26 Å². The number of fused-ring (bicyclic) bond motifs is 1. The van der Waals surface area contributed by atoms with E-state index in [9.17, 15) is 4.79 Å². The number of rotatable bonds is 4. The standard InChI is InChI=1S/C22H23N3O/c1-22(2,3)18-7-5-16(6-8-18)21(26)24-11-10-15-4-9-20-19(12-15)17(13-23)14-25-20/h4-9,12,14,25H,10-11H2,1-3H3,(H,24,26). The van der Waals surface area contributed by atoms with Crippen molar-refractivity contribution < 1.29 is 4.79 Å². The lowest BCUT2D eigenvalue weighted by molar-refractivity contribution is 0.0954. The number of benzene rings is 2. The van der Waals surface area contributed by atoms with Gasteiger partial charge in [-0.25, -0.2) is 0 Å². The molecule has 0 aliphatic carbocycles. The molecule has 0 bridgehead atoms. The fourth-order valence-corrected chi connectivity index (χ4v) is 2.96. The SMILES string of the molecule is CC(C)(C)c1ccc(C(=O)NCCc2ccc3[nH]cc(C#N)c3c2)cc1. The number of aromatic amines is 1. The van der Waals surface area contributed by atoms with E-state index in [1.807, 2.05) is 42.5 Å². The zero-order chi connectivity index (χ0) is 18.7. The molecule has 0 saturated carbocycles. The molecule has 132 valence electrons. The number of hydrogen-bond donors (Lipinski definition) is 2. The Bertz CT molecular complexity index is 969. The van der Waals surface area contributed by atoms with E-state index in [0.29, 0.717) is 17.7 Å². The molecule has 0 radical (unpaired) electrons. The molecule has 4 nitrogen and oxygen atoms in total. The first-order valence-corrected chi connectivity index (χ1v) is 8.77. The molecular weight excluding hydrogens is 322 g/mol. The minimum absolute atomic E-state index is 0.0640. The molecule has 0 aliphatic heterocycles. The highest BCUT2D eigenvalue weighted by molar-refractivity contribution is 5.94. The van der Waals surface area contributed by atoms with Crippen LogP contribution < -0.4 is 5.32 Å². The van der Waals surface area contributed by atoms with Gasteiger partial charge in [0.15, 0.2) is 0 Å². The van der Waals surface area contributed by atoms with E-state index >= 15 is 0 Å². The number of nitriles is 1. The van der Waals surface area contributed by atoms with Gasteiger partial charge in [0.1, 0.15) is 6.07 Å². The number of carbonyl (C=O) groups is 1. The molecule has 0 aliphatic rings. The van der Waals surface area contributed by atoms with Crippen LogP contribution >= 0.6 is 0 Å². The van der Waals surface area contributed by atoms with Gasteiger partial charge < -0.3 is 10.3 Å². The second-order valence-electron chi connectivity index (χ2n) is 7.53. The largest absolute Gasteiger partial charge is 0.360 e. The van der Waals surface area contributed by atoms with Gasteiger partial charge in [-0.3, -0.25) is 4.79 Å². The van der Waals surface area contributed by atoms with Gasteiger partial charge in [0.2, 0.25) is 0 Å². The number of carbonyl (C=O) groups excluding carboxylic acids is 1. The van der Waals surface area contributed by atoms with Crippen LogP contribution in [0.25, 0.3) is 10.9 Å². The quantitative estimate of drug-likeness (QED) is 0.740. The summed E-state index contributed by atoms with van der Waals surface area (Å²) in [5, 5.41) is 13.0. The first kappa shape index (κ1) is 17.8. The molecule has 3 rings (SSSR count). The zero-order valence-electron chi connectivity index (χ0n) is 15.4. The van der Waals surface area contributed by atoms with Crippen molar-refractivity contribution in [2.75, 3.05) is 6.54 Å². The lowest BCUT2D eigenvalue weighted by atomic mass is 9.87. The second kappa shape index (κ2) is 7.05. The fraction of sp³-hybridized carbons (Fsp3) is 0.273. The number of nitrogens with zero attached hydrogens (tertiary/aromatic N) is 1. The summed E-state index contributed by atoms with van der Waals surface area (Å²) < 4.78 is 0. The Morgan fingerprint density at radius 1 is 1.15 bits per heavy atom. The Labute approximate surface area is 153 Å². The lowest BCUT2D eigenvalue weighted by Gasteiger charge is -2.19. The molecule has 0 saturated heterocycles. The predicted molar refractivity (Wildman–Crippen MR) is 104 cm³/mol. The summed E-state index contributed by atoms with van der Waals surface area (Å²) >= 11 is 0. The maximum absolute atomic E-state index is 12.3. The summed E-state index contributed by atoms with van der Waals surface area (Å²) in [4.78, 5) is 15.4. The van der Waals surface area contributed by atoms with Crippen molar-refractivity contribution in [3.63, 3.8) is 0 Å². The molecule has 4 heteroatoms. The van der Waals surface area contributed by atoms with Crippen LogP contribution in [0.3, 0.4) is 0 Å². The van der Waals surface area contributed by atoms with E-state index in [4.69, 9.17) is 5.26 Å². The fourth-order valence-electron chi connectivity index (χ4n) is 2.96. The van der Waals surface area contributed by atoms with Crippen LogP contribution in [0.1, 0.15) is 47.8 Å². The van der Waals surface area contributed by atoms with E-state index in [-0.39, 0.29) is 11.3 Å². The smallest absolute Gasteiger partial charge is 0.251 e. The molecule has 0 unspecified atom stereocenters. The summed E-state index contributed by atoms with van der Waals surface area (Å²) in [6, 6.07) is 16.0. The van der Waals surface area contributed by atoms with E-state index in [2.05, 4.69) is 37.1 Å². The molecule has 1 amide bonds. The Morgan fingerprint density at radius 3 is 2.54 bits per heavy atom. The molecule has 2 aromatic carbocycles. The van der Waals surface area contributed by atoms with E-state index in [1.54, 1.807) is 6.20 Å². The topological polar surface area (TPSA) is 68.7 Å². The van der Waals surface area contributed by atoms with Gasteiger partial charge in [-0.15, -0.1) is 0 Å². The summed E-state index contributed by atoms with van der Waals surface area (Å²) in [6.07, 6.45) is 2.44. The second-order valence-corrected chi connectivity index (χ2v) is 7.53. The number of amides is 1. The minimum atomic E-state index is -0.0640. The van der Waals surface area contributed by atoms with Crippen LogP contribution in [0, 0.1) is 11.3 Å². The van der Waals surface area contributed by atoms with Crippen LogP contribution in [0.15, 0.2) is 48.7 Å². The maximum atomic E-state index is 12.3. The molecule has 26 heavy (non-hydrogen) atoms. The maximum Gasteiger partial charge on any atom is 0.251 e. The van der Waals surface area contributed by atoms with Crippen molar-refractivity contribution in [2.45, 2.75) is 32.6 Å². The first-order chi connectivity index (χ1) is 12.4. The van der Waals surface area contributed by atoms with Crippen LogP contribution in [0.5, 0.6) is 0 Å². The highest BCUT2D eigenvalue weighted by Gasteiger charge is 2.14. The molecule has 1 heterocycles. The summed E-state index contributed by atoms with van der Waals surface area (Å²) in [5.41, 5.74) is 4.65. The van der Waals surface area contributed by atoms with Crippen molar-refractivity contribution in [3.8, 4) is 6.07 Å². The van der Waals surface area contributed by atoms with Crippen molar-refractivity contribution in [1.29, 1.82) is 5.26 Å². The molecule has 2 N–H and O–H groups in total. The molecule has 0 fully saturated rings. The molecular formula is C22H23N3O. The average Bonchev–Trinajstić information content (AvgIpc) is 3.03. The van der Waals surface area contributed by atoms with Crippen LogP contribution in [-0.2, 0) is 11.8 Å². The highest BCUT2D eigenvalue weighted by Crippen LogP contribution is 2.22. The van der Waals surface area contributed by atoms with Crippen LogP contribution in [0.2, 0.25) is 0 Å². The van der Waals surface area contributed by atoms with E-state index in [0.717, 1.165) is 22.9 Å². The van der Waals surface area contributed by atoms with Gasteiger partial charge in [-0.1, -0.05) is 39.0 Å². The lowest BCUT2D eigenvalue weighted by Crippen LogP contribution is -2.25. The monoisotopic (exact) mass is 345 g/mol. The number of hydrogen-bond acceptors (Lipinski definition) is 2. The molecule has 3 aromatic rings. The Kier molecular flexibility index (Phi) is 4.81. The summed E-state index contributed by atoms with van der Waals surface area (Å²) in [6.45, 7) is 7.01. The van der Waals surface area contributed by atoms with Crippen molar-refractivity contribution >= 4 is 16.8 Å². The third-order valence-electron chi connectivity index (χ3n) is 4.58. The number of aromatic nitrogens is 1. The van der Waals surface area contributed by atoms with Gasteiger partial charge in [0.25, 0.3) is 5.91 Å². The summed E-state index contributed by atoms with van der Waals surface area (Å²) in [7, 11) is 0. The normalized spacial score (nSPS) is 11.3. The Morgan fingerprint density at radius 2 is 1.88 bits per heavy atom. The predicted octanol–water partition coefficient (Wildman–Crippen LogP) is 4.31. The number of H-pyrrole nitrogens is 1. The van der Waals surface area contributed by atoms with Crippen molar-refractivity contribution in [2.24, 2.45) is 0 Å².